The van der Waals surface area contributed by atoms with Crippen LogP contribution in [0.1, 0.15) is 15.9 Å². The summed E-state index contributed by atoms with van der Waals surface area (Å²) < 4.78 is 32.0. The van der Waals surface area contributed by atoms with E-state index in [9.17, 15) is 13.2 Å². The molecule has 4 rings (SSSR count). The number of benzene rings is 2. The maximum absolute atomic E-state index is 12.7. The van der Waals surface area contributed by atoms with Gasteiger partial charge in [-0.05, 0) is 49.0 Å². The normalized spacial score (nSPS) is 18.5. The second-order valence-corrected chi connectivity index (χ2v) is 10.1. The molecule has 0 spiro atoms. The molecule has 0 bridgehead atoms. The molecule has 8 nitrogen and oxygen atoms in total. The van der Waals surface area contributed by atoms with Crippen molar-refractivity contribution in [2.45, 2.75) is 11.4 Å². The van der Waals surface area contributed by atoms with Crippen LogP contribution in [0.3, 0.4) is 0 Å². The molecule has 2 fully saturated rings. The van der Waals surface area contributed by atoms with Gasteiger partial charge in [0.1, 0.15) is 0 Å². The van der Waals surface area contributed by atoms with Crippen molar-refractivity contribution >= 4 is 21.6 Å². The molecule has 172 valence electrons. The third kappa shape index (κ3) is 5.29. The van der Waals surface area contributed by atoms with E-state index in [-0.39, 0.29) is 10.8 Å². The van der Waals surface area contributed by atoms with Crippen LogP contribution in [0, 0.1) is 0 Å². The fraction of sp³-hybridized carbons (Fsp3) is 0.435. The molecule has 2 heterocycles. The van der Waals surface area contributed by atoms with Crippen LogP contribution in [0.4, 0.5) is 5.69 Å². The van der Waals surface area contributed by atoms with Crippen LogP contribution in [-0.2, 0) is 21.3 Å². The van der Waals surface area contributed by atoms with Crippen molar-refractivity contribution in [3.05, 3.63) is 59.7 Å². The minimum absolute atomic E-state index is 0.190. The highest BCUT2D eigenvalue weighted by Gasteiger charge is 2.26. The summed E-state index contributed by atoms with van der Waals surface area (Å²) in [4.78, 5) is 17.4. The first-order valence-corrected chi connectivity index (χ1v) is 12.4. The minimum Gasteiger partial charge on any atom is -0.379 e. The predicted octanol–water partition coefficient (Wildman–Crippen LogP) is 1.39. The van der Waals surface area contributed by atoms with Gasteiger partial charge < -0.3 is 19.9 Å². The van der Waals surface area contributed by atoms with Gasteiger partial charge >= 0.3 is 0 Å². The van der Waals surface area contributed by atoms with Crippen molar-refractivity contribution in [3.8, 4) is 0 Å². The van der Waals surface area contributed by atoms with Crippen LogP contribution < -0.4 is 10.2 Å². The summed E-state index contributed by atoms with van der Waals surface area (Å²) in [5.41, 5.74) is 2.65. The molecular weight excluding hydrogens is 428 g/mol. The number of piperazine rings is 1. The lowest BCUT2D eigenvalue weighted by molar-refractivity contribution is 0.0730. The number of hydrogen-bond acceptors (Lipinski definition) is 6. The van der Waals surface area contributed by atoms with Crippen LogP contribution in [0.25, 0.3) is 0 Å². The zero-order valence-corrected chi connectivity index (χ0v) is 19.2. The molecule has 2 aliphatic heterocycles. The summed E-state index contributed by atoms with van der Waals surface area (Å²) in [6.07, 6.45) is 0. The maximum atomic E-state index is 12.7. The first kappa shape index (κ1) is 22.7. The quantitative estimate of drug-likeness (QED) is 0.705. The third-order valence-corrected chi connectivity index (χ3v) is 7.90. The van der Waals surface area contributed by atoms with Crippen molar-refractivity contribution in [3.63, 3.8) is 0 Å². The van der Waals surface area contributed by atoms with E-state index in [1.165, 1.54) is 22.1 Å². The van der Waals surface area contributed by atoms with Crippen LogP contribution in [0.5, 0.6) is 0 Å². The van der Waals surface area contributed by atoms with E-state index in [1.54, 1.807) is 12.1 Å². The molecule has 0 unspecified atom stereocenters. The van der Waals surface area contributed by atoms with E-state index in [0.29, 0.717) is 38.4 Å². The number of sulfonamides is 1. The number of hydrogen-bond donors (Lipinski definition) is 1. The fourth-order valence-corrected chi connectivity index (χ4v) is 5.30. The molecule has 32 heavy (non-hydrogen) atoms. The monoisotopic (exact) mass is 458 g/mol. The first-order chi connectivity index (χ1) is 15.4. The summed E-state index contributed by atoms with van der Waals surface area (Å²) in [5, 5.41) is 2.91. The van der Waals surface area contributed by atoms with Gasteiger partial charge in [0.15, 0.2) is 0 Å². The van der Waals surface area contributed by atoms with Crippen LogP contribution >= 0.6 is 0 Å². The minimum atomic E-state index is -3.56. The Morgan fingerprint density at radius 2 is 1.53 bits per heavy atom. The number of anilines is 1. The number of carbonyl (C=O) groups excluding carboxylic acids is 1. The summed E-state index contributed by atoms with van der Waals surface area (Å²) >= 11 is 0. The fourth-order valence-electron chi connectivity index (χ4n) is 3.89. The van der Waals surface area contributed by atoms with Crippen molar-refractivity contribution < 1.29 is 17.9 Å². The van der Waals surface area contributed by atoms with Crippen molar-refractivity contribution in [1.82, 2.24) is 14.5 Å². The Morgan fingerprint density at radius 3 is 2.16 bits per heavy atom. The van der Waals surface area contributed by atoms with E-state index in [4.69, 9.17) is 4.74 Å². The predicted molar refractivity (Wildman–Crippen MR) is 123 cm³/mol. The van der Waals surface area contributed by atoms with E-state index >= 15 is 0 Å². The second-order valence-electron chi connectivity index (χ2n) is 8.18. The lowest BCUT2D eigenvalue weighted by Crippen LogP contribution is -2.44. The number of nitrogens with zero attached hydrogens (tertiary/aromatic N) is 3. The topological polar surface area (TPSA) is 82.2 Å². The van der Waals surface area contributed by atoms with Crippen LogP contribution in [0.15, 0.2) is 53.4 Å². The molecular formula is C23H30N4O4S. The summed E-state index contributed by atoms with van der Waals surface area (Å²) in [7, 11) is -1.42. The Hall–Kier alpha value is -2.46. The number of rotatable bonds is 6. The molecule has 1 N–H and O–H groups in total. The average Bonchev–Trinajstić information content (AvgIpc) is 2.84. The zero-order valence-electron chi connectivity index (χ0n) is 18.4. The van der Waals surface area contributed by atoms with Gasteiger partial charge in [-0.2, -0.15) is 4.31 Å². The third-order valence-electron chi connectivity index (χ3n) is 5.98. The van der Waals surface area contributed by atoms with Crippen LogP contribution in [0.2, 0.25) is 0 Å². The van der Waals surface area contributed by atoms with E-state index < -0.39 is 10.0 Å². The Kier molecular flexibility index (Phi) is 7.10. The van der Waals surface area contributed by atoms with Gasteiger partial charge in [0.2, 0.25) is 10.0 Å². The molecule has 0 atom stereocenters. The van der Waals surface area contributed by atoms with E-state index in [0.717, 1.165) is 31.7 Å². The molecule has 0 radical (unpaired) electrons. The summed E-state index contributed by atoms with van der Waals surface area (Å²) in [5.74, 6) is -0.233. The highest BCUT2D eigenvalue weighted by molar-refractivity contribution is 7.89. The van der Waals surface area contributed by atoms with Gasteiger partial charge in [0.05, 0.1) is 18.1 Å². The zero-order chi connectivity index (χ0) is 22.6. The molecule has 0 aromatic heterocycles. The van der Waals surface area contributed by atoms with Gasteiger partial charge in [0.25, 0.3) is 5.91 Å². The molecule has 0 saturated carbocycles. The number of nitrogens with one attached hydrogen (secondary N) is 1. The molecule has 2 aliphatic rings. The SMILES string of the molecule is CN1CCN(c2ccc(CNC(=O)c3ccc(S(=O)(=O)N4CCOCC4)cc3)cc2)CC1. The smallest absolute Gasteiger partial charge is 0.251 e. The number of carbonyl (C=O) groups is 1. The Bertz CT molecular complexity index is 1010. The van der Waals surface area contributed by atoms with Crippen LogP contribution in [-0.4, -0.2) is 83.1 Å². The molecule has 9 heteroatoms. The molecule has 2 aromatic rings. The highest BCUT2D eigenvalue weighted by atomic mass is 32.2. The second kappa shape index (κ2) is 9.99. The van der Waals surface area contributed by atoms with Gasteiger partial charge in [0, 0.05) is 57.1 Å². The number of ether oxygens (including phenoxy) is 1. The number of morpholine rings is 1. The Morgan fingerprint density at radius 1 is 0.906 bits per heavy atom. The lowest BCUT2D eigenvalue weighted by Gasteiger charge is -2.34. The van der Waals surface area contributed by atoms with Gasteiger partial charge in [-0.15, -0.1) is 0 Å². The van der Waals surface area contributed by atoms with Crippen molar-refractivity contribution in [2.75, 3.05) is 64.4 Å². The Balaban J connectivity index is 1.32. The van der Waals surface area contributed by atoms with E-state index in [1.807, 2.05) is 12.1 Å². The van der Waals surface area contributed by atoms with Crippen molar-refractivity contribution in [1.29, 1.82) is 0 Å². The number of amides is 1. The number of likely N-dealkylation sites (N-methyl/N-ethyl adjacent to an activating group) is 1. The molecule has 2 saturated heterocycles. The largest absolute Gasteiger partial charge is 0.379 e. The Labute approximate surface area is 189 Å². The van der Waals surface area contributed by atoms with E-state index in [2.05, 4.69) is 34.3 Å². The molecule has 1 amide bonds. The van der Waals surface area contributed by atoms with Crippen molar-refractivity contribution in [2.24, 2.45) is 0 Å². The average molecular weight is 459 g/mol. The molecule has 2 aromatic carbocycles. The maximum Gasteiger partial charge on any atom is 0.251 e. The van der Waals surface area contributed by atoms with Gasteiger partial charge in [-0.25, -0.2) is 8.42 Å². The summed E-state index contributed by atoms with van der Waals surface area (Å²) in [6.45, 7) is 6.06. The molecule has 0 aliphatic carbocycles. The lowest BCUT2D eigenvalue weighted by atomic mass is 10.1. The van der Waals surface area contributed by atoms with Gasteiger partial charge in [-0.3, -0.25) is 4.79 Å². The highest BCUT2D eigenvalue weighted by Crippen LogP contribution is 2.19. The standard InChI is InChI=1S/C23H30N4O4S/c1-25-10-12-26(13-11-25)21-6-2-19(3-7-21)18-24-23(28)20-4-8-22(9-5-20)32(29,30)27-14-16-31-17-15-27/h2-9H,10-18H2,1H3,(H,24,28). The first-order valence-electron chi connectivity index (χ1n) is 10.9. The van der Waals surface area contributed by atoms with Gasteiger partial charge in [-0.1, -0.05) is 12.1 Å². The summed E-state index contributed by atoms with van der Waals surface area (Å²) in [6, 6.07) is 14.3.